The molecule has 0 aliphatic rings. The van der Waals surface area contributed by atoms with Crippen molar-refractivity contribution in [3.05, 3.63) is 77.4 Å². The van der Waals surface area contributed by atoms with Crippen LogP contribution in [0.3, 0.4) is 0 Å². The highest BCUT2D eigenvalue weighted by molar-refractivity contribution is 6.05. The summed E-state index contributed by atoms with van der Waals surface area (Å²) in [5, 5.41) is 7.05. The Morgan fingerprint density at radius 1 is 1.24 bits per heavy atom. The van der Waals surface area contributed by atoms with Crippen LogP contribution in [0.4, 0.5) is 10.1 Å². The highest BCUT2D eigenvalue weighted by Gasteiger charge is 2.13. The number of rotatable bonds is 5. The summed E-state index contributed by atoms with van der Waals surface area (Å²) in [6.07, 6.45) is 3.31. The number of benzene rings is 2. The summed E-state index contributed by atoms with van der Waals surface area (Å²) in [6.45, 7) is 2.33. The van der Waals surface area contributed by atoms with Gasteiger partial charge in [0.1, 0.15) is 11.6 Å². The average Bonchev–Trinajstić information content (AvgIpc) is 3.04. The van der Waals surface area contributed by atoms with Crippen LogP contribution in [0.5, 0.6) is 5.75 Å². The molecule has 3 rings (SSSR count). The van der Waals surface area contributed by atoms with E-state index in [1.54, 1.807) is 48.5 Å². The van der Waals surface area contributed by atoms with Crippen LogP contribution in [0.1, 0.15) is 21.5 Å². The Hall–Kier alpha value is -3.15. The third-order valence-corrected chi connectivity index (χ3v) is 3.90. The third-order valence-electron chi connectivity index (χ3n) is 3.90. The number of ether oxygens (including phenoxy) is 1. The maximum atomic E-state index is 12.9. The lowest BCUT2D eigenvalue weighted by atomic mass is 10.1. The molecule has 1 amide bonds. The number of anilines is 1. The van der Waals surface area contributed by atoms with Crippen molar-refractivity contribution in [3.63, 3.8) is 0 Å². The summed E-state index contributed by atoms with van der Waals surface area (Å²) >= 11 is 0. The van der Waals surface area contributed by atoms with Gasteiger partial charge in [-0.25, -0.2) is 4.39 Å². The van der Waals surface area contributed by atoms with Gasteiger partial charge in [0.05, 0.1) is 25.5 Å². The lowest BCUT2D eigenvalue weighted by molar-refractivity contribution is 0.102. The molecular weight excluding hydrogens is 321 g/mol. The molecule has 0 fully saturated rings. The quantitative estimate of drug-likeness (QED) is 0.772. The lowest BCUT2D eigenvalue weighted by Crippen LogP contribution is -2.13. The average molecular weight is 339 g/mol. The molecule has 0 bridgehead atoms. The molecule has 5 nitrogen and oxygen atoms in total. The smallest absolute Gasteiger partial charge is 0.256 e. The fraction of sp³-hybridized carbons (Fsp3) is 0.158. The summed E-state index contributed by atoms with van der Waals surface area (Å²) in [6, 6.07) is 11.6. The van der Waals surface area contributed by atoms with E-state index in [-0.39, 0.29) is 11.7 Å². The van der Waals surface area contributed by atoms with E-state index in [1.165, 1.54) is 12.1 Å². The van der Waals surface area contributed by atoms with E-state index in [0.29, 0.717) is 23.5 Å². The Morgan fingerprint density at radius 3 is 2.72 bits per heavy atom. The summed E-state index contributed by atoms with van der Waals surface area (Å²) in [5.41, 5.74) is 2.84. The van der Waals surface area contributed by atoms with Crippen molar-refractivity contribution in [2.24, 2.45) is 0 Å². The zero-order valence-corrected chi connectivity index (χ0v) is 14.0. The Morgan fingerprint density at radius 2 is 2.00 bits per heavy atom. The highest BCUT2D eigenvalue weighted by Crippen LogP contribution is 2.22. The molecule has 0 unspecified atom stereocenters. The van der Waals surface area contributed by atoms with E-state index < -0.39 is 0 Å². The molecule has 1 aromatic heterocycles. The molecule has 2 aromatic carbocycles. The van der Waals surface area contributed by atoms with Crippen LogP contribution >= 0.6 is 0 Å². The lowest BCUT2D eigenvalue weighted by Gasteiger charge is -2.09. The van der Waals surface area contributed by atoms with Gasteiger partial charge in [-0.1, -0.05) is 18.2 Å². The molecular formula is C19H18FN3O2. The topological polar surface area (TPSA) is 56.1 Å². The van der Waals surface area contributed by atoms with Crippen LogP contribution < -0.4 is 10.1 Å². The summed E-state index contributed by atoms with van der Waals surface area (Å²) in [4.78, 5) is 12.5. The first kappa shape index (κ1) is 16.7. The molecule has 1 heterocycles. The number of nitrogens with zero attached hydrogens (tertiary/aromatic N) is 2. The molecule has 128 valence electrons. The van der Waals surface area contributed by atoms with Gasteiger partial charge in [-0.2, -0.15) is 5.10 Å². The van der Waals surface area contributed by atoms with Crippen molar-refractivity contribution in [2.75, 3.05) is 12.4 Å². The van der Waals surface area contributed by atoms with E-state index in [2.05, 4.69) is 10.4 Å². The first-order chi connectivity index (χ1) is 12.1. The third kappa shape index (κ3) is 3.85. The minimum absolute atomic E-state index is 0.224. The van der Waals surface area contributed by atoms with Crippen LogP contribution in [0.25, 0.3) is 0 Å². The number of carbonyl (C=O) groups is 1. The van der Waals surface area contributed by atoms with Crippen molar-refractivity contribution in [1.82, 2.24) is 9.78 Å². The Kier molecular flexibility index (Phi) is 4.79. The fourth-order valence-electron chi connectivity index (χ4n) is 2.57. The number of hydrogen-bond acceptors (Lipinski definition) is 3. The first-order valence-corrected chi connectivity index (χ1v) is 7.78. The van der Waals surface area contributed by atoms with Gasteiger partial charge in [-0.15, -0.1) is 0 Å². The Balaban J connectivity index is 1.71. The number of nitrogens with one attached hydrogen (secondary N) is 1. The second kappa shape index (κ2) is 7.17. The van der Waals surface area contributed by atoms with E-state index in [1.807, 2.05) is 13.0 Å². The summed E-state index contributed by atoms with van der Waals surface area (Å²) in [5.74, 6) is 0.170. The van der Waals surface area contributed by atoms with E-state index >= 15 is 0 Å². The molecule has 0 radical (unpaired) electrons. The fourth-order valence-corrected chi connectivity index (χ4v) is 2.57. The van der Waals surface area contributed by atoms with Gasteiger partial charge in [0.25, 0.3) is 5.91 Å². The molecule has 0 aliphatic carbocycles. The van der Waals surface area contributed by atoms with Gasteiger partial charge in [-0.3, -0.25) is 9.48 Å². The number of halogens is 1. The number of carbonyl (C=O) groups excluding carboxylic acids is 1. The van der Waals surface area contributed by atoms with Gasteiger partial charge in [0.2, 0.25) is 0 Å². The molecule has 0 aliphatic heterocycles. The van der Waals surface area contributed by atoms with Gasteiger partial charge in [0.15, 0.2) is 0 Å². The SMILES string of the molecule is COc1cccc(C(=O)Nc2cnn(Cc3ccc(F)cc3)c2)c1C. The van der Waals surface area contributed by atoms with Crippen molar-refractivity contribution >= 4 is 11.6 Å². The summed E-state index contributed by atoms with van der Waals surface area (Å²) in [7, 11) is 1.57. The summed E-state index contributed by atoms with van der Waals surface area (Å²) < 4.78 is 19.9. The second-order valence-corrected chi connectivity index (χ2v) is 5.64. The normalized spacial score (nSPS) is 10.5. The van der Waals surface area contributed by atoms with Gasteiger partial charge in [0, 0.05) is 17.3 Å². The maximum Gasteiger partial charge on any atom is 0.256 e. The number of aromatic nitrogens is 2. The monoisotopic (exact) mass is 339 g/mol. The minimum atomic E-state index is -0.272. The molecule has 0 saturated carbocycles. The first-order valence-electron chi connectivity index (χ1n) is 7.78. The van der Waals surface area contributed by atoms with Crippen LogP contribution in [0.2, 0.25) is 0 Å². The maximum absolute atomic E-state index is 12.9. The zero-order chi connectivity index (χ0) is 17.8. The van der Waals surface area contributed by atoms with Crippen LogP contribution in [0.15, 0.2) is 54.9 Å². The molecule has 6 heteroatoms. The number of hydrogen-bond donors (Lipinski definition) is 1. The standard InChI is InChI=1S/C19H18FN3O2/c1-13-17(4-3-5-18(13)25-2)19(24)22-16-10-21-23(12-16)11-14-6-8-15(20)9-7-14/h3-10,12H,11H2,1-2H3,(H,22,24). The molecule has 0 spiro atoms. The van der Waals surface area contributed by atoms with Crippen molar-refractivity contribution in [3.8, 4) is 5.75 Å². The predicted octanol–water partition coefficient (Wildman–Crippen LogP) is 3.64. The van der Waals surface area contributed by atoms with Crippen LogP contribution in [-0.4, -0.2) is 22.8 Å². The minimum Gasteiger partial charge on any atom is -0.496 e. The highest BCUT2D eigenvalue weighted by atomic mass is 19.1. The molecule has 0 atom stereocenters. The number of methoxy groups -OCH3 is 1. The van der Waals surface area contributed by atoms with Crippen molar-refractivity contribution < 1.29 is 13.9 Å². The van der Waals surface area contributed by atoms with Crippen molar-refractivity contribution in [1.29, 1.82) is 0 Å². The zero-order valence-electron chi connectivity index (χ0n) is 14.0. The number of amides is 1. The molecule has 3 aromatic rings. The van der Waals surface area contributed by atoms with Crippen LogP contribution in [-0.2, 0) is 6.54 Å². The second-order valence-electron chi connectivity index (χ2n) is 5.64. The van der Waals surface area contributed by atoms with Crippen molar-refractivity contribution in [2.45, 2.75) is 13.5 Å². The molecule has 1 N–H and O–H groups in total. The largest absolute Gasteiger partial charge is 0.496 e. The van der Waals surface area contributed by atoms with E-state index in [0.717, 1.165) is 11.1 Å². The Bertz CT molecular complexity index is 888. The molecule has 25 heavy (non-hydrogen) atoms. The van der Waals surface area contributed by atoms with Gasteiger partial charge in [-0.05, 0) is 36.8 Å². The Labute approximate surface area is 145 Å². The molecule has 0 saturated heterocycles. The van der Waals surface area contributed by atoms with Gasteiger partial charge < -0.3 is 10.1 Å². The van der Waals surface area contributed by atoms with E-state index in [4.69, 9.17) is 4.74 Å². The van der Waals surface area contributed by atoms with Crippen LogP contribution in [0, 0.1) is 12.7 Å². The predicted molar refractivity (Wildman–Crippen MR) is 93.4 cm³/mol. The van der Waals surface area contributed by atoms with E-state index in [9.17, 15) is 9.18 Å². The van der Waals surface area contributed by atoms with Gasteiger partial charge >= 0.3 is 0 Å².